The number of hydrogen-bond acceptors (Lipinski definition) is 1. The van der Waals surface area contributed by atoms with Gasteiger partial charge in [0.05, 0.1) is 0 Å². The predicted octanol–water partition coefficient (Wildman–Crippen LogP) is 2.15. The van der Waals surface area contributed by atoms with Gasteiger partial charge in [-0.3, -0.25) is 0 Å². The van der Waals surface area contributed by atoms with Crippen LogP contribution in [0.25, 0.3) is 0 Å². The zero-order chi connectivity index (χ0) is 7.28. The first-order valence-electron chi connectivity index (χ1n) is 3.68. The highest BCUT2D eigenvalue weighted by Crippen LogP contribution is 2.08. The lowest BCUT2D eigenvalue weighted by molar-refractivity contribution is 0.403. The van der Waals surface area contributed by atoms with Crippen LogP contribution in [-0.2, 0) is 0 Å². The van der Waals surface area contributed by atoms with Crippen molar-refractivity contribution in [2.75, 3.05) is 14.1 Å². The Hall–Kier alpha value is -0.0400. The molecule has 55 valence electrons. The fourth-order valence-corrected chi connectivity index (χ4v) is 1.04. The minimum absolute atomic E-state index is 0.741. The largest absolute Gasteiger partial charge is 0.305 e. The molecule has 9 heavy (non-hydrogen) atoms. The van der Waals surface area contributed by atoms with Gasteiger partial charge in [0, 0.05) is 6.54 Å². The molecular weight excluding hydrogens is 110 g/mol. The van der Waals surface area contributed by atoms with Crippen LogP contribution in [0.15, 0.2) is 0 Å². The molecule has 1 radical (unpaired) electrons. The molecule has 1 atom stereocenters. The SMILES string of the molecule is CCC[C@@H](C)[CH]N(C)C. The first kappa shape index (κ1) is 8.96. The van der Waals surface area contributed by atoms with Crippen molar-refractivity contribution >= 4 is 0 Å². The van der Waals surface area contributed by atoms with Crippen LogP contribution in [0.5, 0.6) is 0 Å². The zero-order valence-electron chi connectivity index (χ0n) is 7.02. The average Bonchev–Trinajstić information content (AvgIpc) is 1.63. The van der Waals surface area contributed by atoms with Crippen molar-refractivity contribution in [2.45, 2.75) is 26.7 Å². The molecule has 0 amide bonds. The van der Waals surface area contributed by atoms with E-state index in [1.54, 1.807) is 0 Å². The Bertz CT molecular complexity index is 59.6. The summed E-state index contributed by atoms with van der Waals surface area (Å²) in [6.07, 6.45) is 2.59. The molecule has 0 rings (SSSR count). The highest BCUT2D eigenvalue weighted by atomic mass is 15.1. The van der Waals surface area contributed by atoms with Crippen molar-refractivity contribution in [1.82, 2.24) is 4.90 Å². The summed E-state index contributed by atoms with van der Waals surface area (Å²) in [4.78, 5) is 2.13. The molecule has 0 unspecified atom stereocenters. The summed E-state index contributed by atoms with van der Waals surface area (Å²) in [5, 5.41) is 0. The van der Waals surface area contributed by atoms with Gasteiger partial charge in [0.2, 0.25) is 0 Å². The van der Waals surface area contributed by atoms with Crippen molar-refractivity contribution in [3.8, 4) is 0 Å². The van der Waals surface area contributed by atoms with Crippen LogP contribution in [0, 0.1) is 12.5 Å². The first-order valence-corrected chi connectivity index (χ1v) is 3.68. The lowest BCUT2D eigenvalue weighted by atomic mass is 10.1. The molecule has 0 saturated heterocycles. The molecule has 0 heterocycles. The highest BCUT2D eigenvalue weighted by molar-refractivity contribution is 4.68. The Labute approximate surface area is 59.1 Å². The van der Waals surface area contributed by atoms with E-state index in [4.69, 9.17) is 0 Å². The van der Waals surface area contributed by atoms with E-state index in [-0.39, 0.29) is 0 Å². The van der Waals surface area contributed by atoms with Crippen molar-refractivity contribution < 1.29 is 0 Å². The molecule has 0 saturated carbocycles. The van der Waals surface area contributed by atoms with Crippen molar-refractivity contribution in [3.05, 3.63) is 6.54 Å². The van der Waals surface area contributed by atoms with Gasteiger partial charge in [0.25, 0.3) is 0 Å². The standard InChI is InChI=1S/C8H18N/c1-5-6-8(2)7-9(3)4/h7-8H,5-6H2,1-4H3/t8-/m1/s1. The van der Waals surface area contributed by atoms with E-state index in [0.29, 0.717) is 0 Å². The van der Waals surface area contributed by atoms with Crippen molar-refractivity contribution in [3.63, 3.8) is 0 Å². The summed E-state index contributed by atoms with van der Waals surface area (Å²) in [6, 6.07) is 0. The van der Waals surface area contributed by atoms with Crippen molar-refractivity contribution in [1.29, 1.82) is 0 Å². The second kappa shape index (κ2) is 4.80. The fourth-order valence-electron chi connectivity index (χ4n) is 1.04. The van der Waals surface area contributed by atoms with Gasteiger partial charge in [0.15, 0.2) is 0 Å². The Morgan fingerprint density at radius 2 is 2.00 bits per heavy atom. The normalized spacial score (nSPS) is 14.3. The third-order valence-electron chi connectivity index (χ3n) is 1.30. The van der Waals surface area contributed by atoms with Gasteiger partial charge in [-0.2, -0.15) is 0 Å². The summed E-state index contributed by atoms with van der Waals surface area (Å²) in [7, 11) is 4.15. The topological polar surface area (TPSA) is 3.24 Å². The second-order valence-corrected chi connectivity index (χ2v) is 2.88. The van der Waals surface area contributed by atoms with E-state index in [1.807, 2.05) is 0 Å². The summed E-state index contributed by atoms with van der Waals surface area (Å²) < 4.78 is 0. The minimum atomic E-state index is 0.741. The molecule has 1 heteroatoms. The number of nitrogens with zero attached hydrogens (tertiary/aromatic N) is 1. The number of rotatable bonds is 4. The Kier molecular flexibility index (Phi) is 4.78. The predicted molar refractivity (Wildman–Crippen MR) is 42.1 cm³/mol. The fraction of sp³-hybridized carbons (Fsp3) is 0.875. The second-order valence-electron chi connectivity index (χ2n) is 2.88. The third-order valence-corrected chi connectivity index (χ3v) is 1.30. The van der Waals surface area contributed by atoms with E-state index in [9.17, 15) is 0 Å². The quantitative estimate of drug-likeness (QED) is 0.560. The van der Waals surface area contributed by atoms with Crippen LogP contribution < -0.4 is 0 Å². The monoisotopic (exact) mass is 128 g/mol. The van der Waals surface area contributed by atoms with Gasteiger partial charge in [-0.25, -0.2) is 0 Å². The van der Waals surface area contributed by atoms with Crippen LogP contribution >= 0.6 is 0 Å². The molecule has 0 bridgehead atoms. The van der Waals surface area contributed by atoms with Crippen LogP contribution in [-0.4, -0.2) is 19.0 Å². The Morgan fingerprint density at radius 3 is 2.33 bits per heavy atom. The van der Waals surface area contributed by atoms with Gasteiger partial charge >= 0.3 is 0 Å². The lowest BCUT2D eigenvalue weighted by Crippen LogP contribution is -2.13. The minimum Gasteiger partial charge on any atom is -0.305 e. The molecule has 0 fully saturated rings. The molecule has 1 nitrogen and oxygen atoms in total. The van der Waals surface area contributed by atoms with Crippen LogP contribution in [0.3, 0.4) is 0 Å². The van der Waals surface area contributed by atoms with Gasteiger partial charge in [-0.15, -0.1) is 0 Å². The molecule has 0 aliphatic carbocycles. The van der Waals surface area contributed by atoms with Gasteiger partial charge in [-0.05, 0) is 26.4 Å². The van der Waals surface area contributed by atoms with E-state index in [2.05, 4.69) is 39.4 Å². The average molecular weight is 128 g/mol. The summed E-state index contributed by atoms with van der Waals surface area (Å²) >= 11 is 0. The molecular formula is C8H18N. The Morgan fingerprint density at radius 1 is 1.44 bits per heavy atom. The third kappa shape index (κ3) is 5.84. The van der Waals surface area contributed by atoms with Crippen LogP contribution in [0.1, 0.15) is 26.7 Å². The molecule has 0 spiro atoms. The maximum Gasteiger partial charge on any atom is 0.0273 e. The maximum atomic E-state index is 2.25. The van der Waals surface area contributed by atoms with E-state index in [0.717, 1.165) is 5.92 Å². The molecule has 0 aromatic carbocycles. The van der Waals surface area contributed by atoms with Crippen molar-refractivity contribution in [2.24, 2.45) is 5.92 Å². The Balaban J connectivity index is 3.15. The first-order chi connectivity index (χ1) is 4.16. The summed E-state index contributed by atoms with van der Waals surface area (Å²) in [6.45, 7) is 6.73. The zero-order valence-corrected chi connectivity index (χ0v) is 7.02. The van der Waals surface area contributed by atoms with Gasteiger partial charge < -0.3 is 4.90 Å². The molecule has 0 aliphatic rings. The van der Waals surface area contributed by atoms with Crippen LogP contribution in [0.2, 0.25) is 0 Å². The summed E-state index contributed by atoms with van der Waals surface area (Å²) in [5.74, 6) is 0.741. The van der Waals surface area contributed by atoms with Crippen LogP contribution in [0.4, 0.5) is 0 Å². The van der Waals surface area contributed by atoms with Gasteiger partial charge in [-0.1, -0.05) is 20.3 Å². The maximum absolute atomic E-state index is 2.25. The van der Waals surface area contributed by atoms with E-state index in [1.165, 1.54) is 12.8 Å². The number of hydrogen-bond donors (Lipinski definition) is 0. The molecule has 0 N–H and O–H groups in total. The highest BCUT2D eigenvalue weighted by Gasteiger charge is 2.00. The van der Waals surface area contributed by atoms with E-state index >= 15 is 0 Å². The van der Waals surface area contributed by atoms with Gasteiger partial charge in [0.1, 0.15) is 0 Å². The molecule has 0 aromatic heterocycles. The smallest absolute Gasteiger partial charge is 0.0273 e. The van der Waals surface area contributed by atoms with E-state index < -0.39 is 0 Å². The summed E-state index contributed by atoms with van der Waals surface area (Å²) in [5.41, 5.74) is 0. The molecule has 0 aromatic rings. The lowest BCUT2D eigenvalue weighted by Gasteiger charge is -2.14. The molecule has 0 aliphatic heterocycles.